The highest BCUT2D eigenvalue weighted by atomic mass is 35.5. The maximum absolute atomic E-state index is 12.8. The molecule has 2 aromatic carbocycles. The summed E-state index contributed by atoms with van der Waals surface area (Å²) in [6.45, 7) is 0.612. The van der Waals surface area contributed by atoms with Crippen LogP contribution in [-0.4, -0.2) is 34.7 Å². The molecule has 4 rings (SSSR count). The van der Waals surface area contributed by atoms with Crippen molar-refractivity contribution in [2.24, 2.45) is 0 Å². The largest absolute Gasteiger partial charge is 0.497 e. The Kier molecular flexibility index (Phi) is 5.16. The van der Waals surface area contributed by atoms with Gasteiger partial charge in [-0.15, -0.1) is 0 Å². The molecule has 7 nitrogen and oxygen atoms in total. The number of para-hydroxylation sites is 1. The van der Waals surface area contributed by atoms with Crippen molar-refractivity contribution >= 4 is 23.3 Å². The van der Waals surface area contributed by atoms with Crippen molar-refractivity contribution in [1.29, 1.82) is 0 Å². The Hall–Kier alpha value is -3.06. The first-order valence-electron chi connectivity index (χ1n) is 8.96. The van der Waals surface area contributed by atoms with Gasteiger partial charge >= 0.3 is 6.03 Å². The van der Waals surface area contributed by atoms with Crippen LogP contribution in [0, 0.1) is 0 Å². The Morgan fingerprint density at radius 1 is 1.25 bits per heavy atom. The first-order valence-corrected chi connectivity index (χ1v) is 9.33. The number of urea groups is 1. The molecule has 1 atom stereocenters. The lowest BCUT2D eigenvalue weighted by atomic mass is 10.2. The molecule has 0 bridgehead atoms. The van der Waals surface area contributed by atoms with E-state index in [2.05, 4.69) is 15.5 Å². The van der Waals surface area contributed by atoms with Crippen LogP contribution in [0.25, 0.3) is 11.4 Å². The van der Waals surface area contributed by atoms with E-state index in [0.717, 1.165) is 24.2 Å². The van der Waals surface area contributed by atoms with E-state index in [-0.39, 0.29) is 12.1 Å². The number of rotatable bonds is 4. The molecule has 0 aliphatic carbocycles. The minimum absolute atomic E-state index is 0.236. The standard InChI is InChI=1S/C20H19ClN4O3/c1-27-14-10-8-13(9-11-14)18-23-19(28-24-18)17-7-4-12-25(17)20(26)22-16-6-3-2-5-15(16)21/h2-3,5-6,8-11,17H,4,7,12H2,1H3,(H,22,26)/t17-/m0/s1. The summed E-state index contributed by atoms with van der Waals surface area (Å²) in [6, 6.07) is 14.0. The highest BCUT2D eigenvalue weighted by molar-refractivity contribution is 6.33. The average Bonchev–Trinajstić information content (AvgIpc) is 3.39. The van der Waals surface area contributed by atoms with Gasteiger partial charge in [0, 0.05) is 12.1 Å². The van der Waals surface area contributed by atoms with E-state index < -0.39 is 0 Å². The molecule has 2 heterocycles. The van der Waals surface area contributed by atoms with Gasteiger partial charge in [0.2, 0.25) is 11.7 Å². The lowest BCUT2D eigenvalue weighted by Gasteiger charge is -2.22. The number of hydrogen-bond donors (Lipinski definition) is 1. The zero-order chi connectivity index (χ0) is 19.5. The van der Waals surface area contributed by atoms with E-state index in [1.807, 2.05) is 36.4 Å². The number of nitrogens with one attached hydrogen (secondary N) is 1. The monoisotopic (exact) mass is 398 g/mol. The first-order chi connectivity index (χ1) is 13.7. The predicted octanol–water partition coefficient (Wildman–Crippen LogP) is 4.77. The summed E-state index contributed by atoms with van der Waals surface area (Å²) in [6.07, 6.45) is 1.63. The van der Waals surface area contributed by atoms with Crippen LogP contribution >= 0.6 is 11.6 Å². The third-order valence-corrected chi connectivity index (χ3v) is 5.03. The maximum Gasteiger partial charge on any atom is 0.322 e. The molecule has 1 N–H and O–H groups in total. The van der Waals surface area contributed by atoms with Crippen LogP contribution in [0.1, 0.15) is 24.8 Å². The molecular formula is C20H19ClN4O3. The fourth-order valence-corrected chi connectivity index (χ4v) is 3.43. The van der Waals surface area contributed by atoms with Crippen molar-refractivity contribution in [2.45, 2.75) is 18.9 Å². The number of ether oxygens (including phenoxy) is 1. The molecule has 1 aliphatic rings. The summed E-state index contributed by atoms with van der Waals surface area (Å²) >= 11 is 6.14. The van der Waals surface area contributed by atoms with Crippen LogP contribution in [0.4, 0.5) is 10.5 Å². The smallest absolute Gasteiger partial charge is 0.322 e. The van der Waals surface area contributed by atoms with Gasteiger partial charge in [0.15, 0.2) is 0 Å². The molecule has 1 aromatic heterocycles. The summed E-state index contributed by atoms with van der Waals surface area (Å²) in [4.78, 5) is 19.0. The minimum atomic E-state index is -0.262. The zero-order valence-electron chi connectivity index (χ0n) is 15.3. The van der Waals surface area contributed by atoms with Gasteiger partial charge in [0.25, 0.3) is 0 Å². The van der Waals surface area contributed by atoms with Gasteiger partial charge in [0.1, 0.15) is 11.8 Å². The van der Waals surface area contributed by atoms with Crippen molar-refractivity contribution in [3.8, 4) is 17.1 Å². The van der Waals surface area contributed by atoms with Crippen LogP contribution in [-0.2, 0) is 0 Å². The SMILES string of the molecule is COc1ccc(-c2noc([C@@H]3CCCN3C(=O)Nc3ccccc3Cl)n2)cc1. The lowest BCUT2D eigenvalue weighted by Crippen LogP contribution is -2.34. The molecule has 0 unspecified atom stereocenters. The van der Waals surface area contributed by atoms with Gasteiger partial charge in [-0.25, -0.2) is 4.79 Å². The van der Waals surface area contributed by atoms with Crippen LogP contribution in [0.5, 0.6) is 5.75 Å². The van der Waals surface area contributed by atoms with Crippen molar-refractivity contribution in [1.82, 2.24) is 15.0 Å². The molecule has 28 heavy (non-hydrogen) atoms. The van der Waals surface area contributed by atoms with Crippen molar-refractivity contribution < 1.29 is 14.1 Å². The molecule has 144 valence electrons. The van der Waals surface area contributed by atoms with Crippen molar-refractivity contribution in [2.75, 3.05) is 19.0 Å². The van der Waals surface area contributed by atoms with Gasteiger partial charge in [-0.2, -0.15) is 4.98 Å². The number of carbonyl (C=O) groups excluding carboxylic acids is 1. The summed E-state index contributed by atoms with van der Waals surface area (Å²) < 4.78 is 10.6. The van der Waals surface area contributed by atoms with Gasteiger partial charge in [-0.05, 0) is 49.2 Å². The summed E-state index contributed by atoms with van der Waals surface area (Å²) in [7, 11) is 1.61. The number of likely N-dealkylation sites (tertiary alicyclic amines) is 1. The lowest BCUT2D eigenvalue weighted by molar-refractivity contribution is 0.193. The van der Waals surface area contributed by atoms with E-state index in [1.54, 1.807) is 24.1 Å². The van der Waals surface area contributed by atoms with E-state index in [4.69, 9.17) is 20.9 Å². The molecule has 2 amide bonds. The molecule has 0 radical (unpaired) electrons. The Bertz CT molecular complexity index is 974. The van der Waals surface area contributed by atoms with E-state index in [1.165, 1.54) is 0 Å². The predicted molar refractivity (Wildman–Crippen MR) is 105 cm³/mol. The molecule has 8 heteroatoms. The fourth-order valence-electron chi connectivity index (χ4n) is 3.24. The van der Waals surface area contributed by atoms with Crippen LogP contribution in [0.15, 0.2) is 53.1 Å². The van der Waals surface area contributed by atoms with E-state index in [0.29, 0.717) is 29.0 Å². The number of hydrogen-bond acceptors (Lipinski definition) is 5. The maximum atomic E-state index is 12.8. The third kappa shape index (κ3) is 3.66. The molecule has 0 saturated carbocycles. The van der Waals surface area contributed by atoms with Crippen LogP contribution < -0.4 is 10.1 Å². The normalized spacial score (nSPS) is 16.2. The number of carbonyl (C=O) groups is 1. The van der Waals surface area contributed by atoms with Gasteiger partial charge in [-0.3, -0.25) is 0 Å². The quantitative estimate of drug-likeness (QED) is 0.684. The fraction of sp³-hybridized carbons (Fsp3) is 0.250. The molecule has 1 saturated heterocycles. The topological polar surface area (TPSA) is 80.5 Å². The number of amides is 2. The Morgan fingerprint density at radius 3 is 2.79 bits per heavy atom. The van der Waals surface area contributed by atoms with Gasteiger partial charge < -0.3 is 19.5 Å². The first kappa shape index (κ1) is 18.3. The summed E-state index contributed by atoms with van der Waals surface area (Å²) in [5.74, 6) is 1.67. The number of aromatic nitrogens is 2. The Morgan fingerprint density at radius 2 is 2.04 bits per heavy atom. The second-order valence-electron chi connectivity index (χ2n) is 6.45. The number of nitrogens with zero attached hydrogens (tertiary/aromatic N) is 3. The van der Waals surface area contributed by atoms with Crippen molar-refractivity contribution in [3.63, 3.8) is 0 Å². The third-order valence-electron chi connectivity index (χ3n) is 4.70. The second kappa shape index (κ2) is 7.90. The van der Waals surface area contributed by atoms with E-state index in [9.17, 15) is 4.79 Å². The molecule has 0 spiro atoms. The van der Waals surface area contributed by atoms with E-state index >= 15 is 0 Å². The molecular weight excluding hydrogens is 380 g/mol. The summed E-state index contributed by atoms with van der Waals surface area (Å²) in [5, 5.41) is 7.42. The second-order valence-corrected chi connectivity index (χ2v) is 6.85. The van der Waals surface area contributed by atoms with Crippen molar-refractivity contribution in [3.05, 3.63) is 59.4 Å². The highest BCUT2D eigenvalue weighted by Crippen LogP contribution is 2.33. The number of halogens is 1. The number of anilines is 1. The molecule has 1 fully saturated rings. The van der Waals surface area contributed by atoms with Crippen LogP contribution in [0.2, 0.25) is 5.02 Å². The van der Waals surface area contributed by atoms with Gasteiger partial charge in [0.05, 0.1) is 17.8 Å². The highest BCUT2D eigenvalue weighted by Gasteiger charge is 2.34. The summed E-state index contributed by atoms with van der Waals surface area (Å²) in [5.41, 5.74) is 1.39. The Balaban J connectivity index is 1.51. The zero-order valence-corrected chi connectivity index (χ0v) is 16.0. The van der Waals surface area contributed by atoms with Gasteiger partial charge in [-0.1, -0.05) is 28.9 Å². The Labute approximate surface area is 167 Å². The minimum Gasteiger partial charge on any atom is -0.497 e. The number of benzene rings is 2. The average molecular weight is 399 g/mol. The number of methoxy groups -OCH3 is 1. The molecule has 1 aliphatic heterocycles. The van der Waals surface area contributed by atoms with Crippen LogP contribution in [0.3, 0.4) is 0 Å². The molecule has 3 aromatic rings.